The number of Topliss-reactive ketones (excluding diaryl/α,β-unsaturated/α-hetero) is 1. The molecule has 10 heteroatoms. The lowest BCUT2D eigenvalue weighted by Crippen LogP contribution is -2.49. The van der Waals surface area contributed by atoms with Crippen LogP contribution in [0.4, 0.5) is 0 Å². The van der Waals surface area contributed by atoms with E-state index in [2.05, 4.69) is 26.8 Å². The zero-order chi connectivity index (χ0) is 33.0. The van der Waals surface area contributed by atoms with E-state index >= 15 is 0 Å². The number of aliphatic hydroxyl groups excluding tert-OH is 3. The Kier molecular flexibility index (Phi) is 14.7. The van der Waals surface area contributed by atoms with E-state index in [1.165, 1.54) is 19.2 Å². The van der Waals surface area contributed by atoms with Gasteiger partial charge in [0.25, 0.3) is 5.91 Å². The van der Waals surface area contributed by atoms with E-state index in [0.29, 0.717) is 0 Å². The van der Waals surface area contributed by atoms with Gasteiger partial charge in [0, 0.05) is 25.8 Å². The summed E-state index contributed by atoms with van der Waals surface area (Å²) in [4.78, 5) is 36.9. The number of rotatable bonds is 14. The Labute approximate surface area is 260 Å². The fourth-order valence-electron chi connectivity index (χ4n) is 5.15. The average molecular weight is 614 g/mol. The van der Waals surface area contributed by atoms with Gasteiger partial charge in [-0.3, -0.25) is 14.4 Å². The lowest BCUT2D eigenvalue weighted by molar-refractivity contribution is -0.267. The van der Waals surface area contributed by atoms with Crippen molar-refractivity contribution in [2.24, 2.45) is 11.8 Å². The van der Waals surface area contributed by atoms with E-state index < -0.39 is 54.1 Å². The first kappa shape index (κ1) is 36.6. The van der Waals surface area contributed by atoms with Crippen LogP contribution in [0.5, 0.6) is 0 Å². The normalized spacial score (nSPS) is 28.2. The molecule has 0 aromatic carbocycles. The highest BCUT2D eigenvalue weighted by Crippen LogP contribution is 2.28. The molecule has 2 fully saturated rings. The van der Waals surface area contributed by atoms with Gasteiger partial charge in [0.05, 0.1) is 24.4 Å². The second-order valence-corrected chi connectivity index (χ2v) is 11.5. The number of allylic oxidation sites excluding steroid dienone is 11. The number of hydrogen-bond acceptors (Lipinski definition) is 8. The number of likely N-dealkylation sites (tertiary alicyclic amines) is 1. The zero-order valence-electron chi connectivity index (χ0n) is 26.4. The fraction of sp³-hybridized carbons (Fsp3) is 0.500. The molecular weight excluding hydrogens is 566 g/mol. The monoisotopic (exact) mass is 613 g/mol. The molecule has 7 atom stereocenters. The molecule has 0 spiro atoms. The quantitative estimate of drug-likeness (QED) is 0.0970. The summed E-state index contributed by atoms with van der Waals surface area (Å²) >= 11 is 0. The molecule has 0 aliphatic carbocycles. The van der Waals surface area contributed by atoms with Crippen LogP contribution in [0.25, 0.3) is 0 Å². The predicted octanol–water partition coefficient (Wildman–Crippen LogP) is 4.33. The van der Waals surface area contributed by atoms with Gasteiger partial charge in [-0.25, -0.2) is 0 Å². The Bertz CT molecular complexity index is 1210. The number of ether oxygens (including phenoxy) is 2. The van der Waals surface area contributed by atoms with Gasteiger partial charge >= 0.3 is 5.97 Å². The minimum atomic E-state index is -1.06. The van der Waals surface area contributed by atoms with E-state index in [1.807, 2.05) is 37.3 Å². The number of hydrogen-bond donors (Lipinski definition) is 4. The highest BCUT2D eigenvalue weighted by Gasteiger charge is 2.42. The minimum absolute atomic E-state index is 0.0119. The molecule has 2 aliphatic rings. The Morgan fingerprint density at radius 3 is 2.11 bits per heavy atom. The molecule has 0 aromatic heterocycles. The summed E-state index contributed by atoms with van der Waals surface area (Å²) in [5.41, 5.74) is 0.726. The van der Waals surface area contributed by atoms with Crippen LogP contribution < -0.4 is 0 Å². The van der Waals surface area contributed by atoms with E-state index in [9.17, 15) is 29.7 Å². The van der Waals surface area contributed by atoms with Crippen LogP contribution in [-0.4, -0.2) is 86.8 Å². The lowest BCUT2D eigenvalue weighted by atomic mass is 9.92. The number of carboxylic acids is 1. The molecule has 1 amide bonds. The molecule has 2 aliphatic heterocycles. The third kappa shape index (κ3) is 10.9. The maximum atomic E-state index is 12.5. The summed E-state index contributed by atoms with van der Waals surface area (Å²) in [5, 5.41) is 39.1. The van der Waals surface area contributed by atoms with E-state index in [1.54, 1.807) is 25.2 Å². The third-order valence-corrected chi connectivity index (χ3v) is 7.52. The van der Waals surface area contributed by atoms with Crippen LogP contribution in [0.3, 0.4) is 0 Å². The van der Waals surface area contributed by atoms with Crippen LogP contribution in [0.1, 0.15) is 53.9 Å². The molecule has 2 heterocycles. The number of aliphatic hydroxyl groups is 3. The Balaban J connectivity index is 1.87. The zero-order valence-corrected chi connectivity index (χ0v) is 26.4. The summed E-state index contributed by atoms with van der Waals surface area (Å²) in [6.45, 7) is 9.97. The molecule has 2 saturated heterocycles. The number of carbonyl (C=O) groups is 3. The second-order valence-electron chi connectivity index (χ2n) is 11.5. The lowest BCUT2D eigenvalue weighted by Gasteiger charge is -2.38. The second kappa shape index (κ2) is 17.7. The third-order valence-electron chi connectivity index (χ3n) is 7.52. The predicted molar refractivity (Wildman–Crippen MR) is 167 cm³/mol. The number of likely N-dealkylation sites (N-methyl/N-ethyl adjacent to an activating group) is 1. The van der Waals surface area contributed by atoms with Crippen molar-refractivity contribution in [2.75, 3.05) is 7.05 Å². The SMILES string of the molecule is CC(/C=C/C=C/C=C/C=C/C=C/C(O)=C1C(=O)[C@@H](CCC(=O)O)N(C)C1=O)=C\[C@H](C)[C@@H](O[C@H]1C[C@@H](O)[C@H](O)[C@@H](C)O1)C(C)C. The number of amides is 1. The summed E-state index contributed by atoms with van der Waals surface area (Å²) in [6.07, 6.45) is 16.4. The fourth-order valence-corrected chi connectivity index (χ4v) is 5.15. The Hall–Kier alpha value is -3.57. The van der Waals surface area contributed by atoms with Crippen molar-refractivity contribution >= 4 is 17.7 Å². The molecule has 0 aromatic rings. The smallest absolute Gasteiger partial charge is 0.303 e. The maximum Gasteiger partial charge on any atom is 0.303 e. The molecule has 0 bridgehead atoms. The van der Waals surface area contributed by atoms with Gasteiger partial charge in [-0.1, -0.05) is 87.1 Å². The highest BCUT2D eigenvalue weighted by atomic mass is 16.7. The van der Waals surface area contributed by atoms with E-state index in [0.717, 1.165) is 10.5 Å². The Morgan fingerprint density at radius 1 is 1.00 bits per heavy atom. The molecule has 0 radical (unpaired) electrons. The molecule has 0 unspecified atom stereocenters. The van der Waals surface area contributed by atoms with Crippen molar-refractivity contribution in [1.82, 2.24) is 4.90 Å². The summed E-state index contributed by atoms with van der Waals surface area (Å²) < 4.78 is 12.0. The van der Waals surface area contributed by atoms with Crippen LogP contribution in [0, 0.1) is 11.8 Å². The standard InChI is InChI=1S/C34H47NO9/c1-21(2)33(44-29-20-27(37)31(40)24(5)43-29)23(4)19-22(3)15-13-11-9-7-8-10-12-14-16-26(36)30-32(41)25(17-18-28(38)39)35(6)34(30)42/h7-16,19,21,23-25,27,29,31,33,36-37,40H,17-18,20H2,1-6H3,(H,38,39)/b8-7+,11-9+,12-10+,15-13+,16-14+,22-19+,30-26?/t23-,24+,25+,27+,29-,31+,33-/m0/s1. The number of ketones is 1. The maximum absolute atomic E-state index is 12.5. The van der Waals surface area contributed by atoms with E-state index in [-0.39, 0.29) is 42.8 Å². The highest BCUT2D eigenvalue weighted by molar-refractivity contribution is 6.27. The first-order valence-electron chi connectivity index (χ1n) is 14.9. The topological polar surface area (TPSA) is 154 Å². The Morgan fingerprint density at radius 2 is 1.57 bits per heavy atom. The van der Waals surface area contributed by atoms with Crippen molar-refractivity contribution in [3.8, 4) is 0 Å². The van der Waals surface area contributed by atoms with Gasteiger partial charge in [-0.15, -0.1) is 0 Å². The number of nitrogens with zero attached hydrogens (tertiary/aromatic N) is 1. The molecule has 10 nitrogen and oxygen atoms in total. The molecule has 242 valence electrons. The van der Waals surface area contributed by atoms with Gasteiger partial charge in [0.15, 0.2) is 12.1 Å². The van der Waals surface area contributed by atoms with Gasteiger partial charge in [-0.2, -0.15) is 0 Å². The van der Waals surface area contributed by atoms with Crippen molar-refractivity contribution in [1.29, 1.82) is 0 Å². The van der Waals surface area contributed by atoms with Crippen LogP contribution in [-0.2, 0) is 23.9 Å². The van der Waals surface area contributed by atoms with Gasteiger partial charge in [0.1, 0.15) is 17.4 Å². The first-order valence-corrected chi connectivity index (χ1v) is 14.9. The summed E-state index contributed by atoms with van der Waals surface area (Å²) in [5.74, 6) is -2.43. The molecule has 4 N–H and O–H groups in total. The van der Waals surface area contributed by atoms with E-state index in [4.69, 9.17) is 14.6 Å². The van der Waals surface area contributed by atoms with Crippen molar-refractivity contribution < 1.29 is 44.3 Å². The van der Waals surface area contributed by atoms with Crippen molar-refractivity contribution in [3.05, 3.63) is 83.7 Å². The van der Waals surface area contributed by atoms with Crippen LogP contribution in [0.2, 0.25) is 0 Å². The molecular formula is C34H47NO9. The van der Waals surface area contributed by atoms with Gasteiger partial charge in [0.2, 0.25) is 0 Å². The number of carboxylic acid groups (broad SMARTS) is 1. The first-order chi connectivity index (χ1) is 20.7. The summed E-state index contributed by atoms with van der Waals surface area (Å²) in [6, 6.07) is -0.894. The molecule has 44 heavy (non-hydrogen) atoms. The average Bonchev–Trinajstić information content (AvgIpc) is 3.16. The minimum Gasteiger partial charge on any atom is -0.507 e. The van der Waals surface area contributed by atoms with Crippen LogP contribution in [0.15, 0.2) is 83.7 Å². The molecule has 2 rings (SSSR count). The van der Waals surface area contributed by atoms with Crippen molar-refractivity contribution in [3.63, 3.8) is 0 Å². The number of aliphatic carboxylic acids is 1. The largest absolute Gasteiger partial charge is 0.507 e. The number of carbonyl (C=O) groups excluding carboxylic acids is 2. The van der Waals surface area contributed by atoms with Gasteiger partial charge < -0.3 is 34.8 Å². The molecule has 0 saturated carbocycles. The summed E-state index contributed by atoms with van der Waals surface area (Å²) in [7, 11) is 1.41. The van der Waals surface area contributed by atoms with Crippen molar-refractivity contribution in [2.45, 2.75) is 90.6 Å². The van der Waals surface area contributed by atoms with Crippen LogP contribution >= 0.6 is 0 Å². The van der Waals surface area contributed by atoms with Gasteiger partial charge in [-0.05, 0) is 32.3 Å².